The molecule has 0 unspecified atom stereocenters. The molecule has 132 valence electrons. The van der Waals surface area contributed by atoms with Gasteiger partial charge >= 0.3 is 0 Å². The smallest absolute Gasteiger partial charge is 0.290 e. The third kappa shape index (κ3) is 3.69. The van der Waals surface area contributed by atoms with Crippen LogP contribution >= 0.6 is 11.8 Å². The van der Waals surface area contributed by atoms with Crippen LogP contribution in [-0.4, -0.2) is 58.2 Å². The number of rotatable bonds is 3. The summed E-state index contributed by atoms with van der Waals surface area (Å²) in [5.41, 5.74) is 0.652. The Hall–Kier alpha value is -1.93. The summed E-state index contributed by atoms with van der Waals surface area (Å²) >= 11 is 0.906. The first-order chi connectivity index (χ1) is 12.2. The van der Waals surface area contributed by atoms with Crippen molar-refractivity contribution in [3.05, 3.63) is 22.9 Å². The van der Waals surface area contributed by atoms with Gasteiger partial charge in [0.1, 0.15) is 0 Å². The van der Waals surface area contributed by atoms with Crippen LogP contribution in [0.2, 0.25) is 0 Å². The number of thioether (sulfide) groups is 1. The molecule has 0 atom stereocenters. The molecule has 4 heterocycles. The van der Waals surface area contributed by atoms with E-state index in [4.69, 9.17) is 0 Å². The predicted octanol–water partition coefficient (Wildman–Crippen LogP) is 1.87. The Morgan fingerprint density at radius 1 is 1.16 bits per heavy atom. The van der Waals surface area contributed by atoms with Crippen LogP contribution in [0.5, 0.6) is 0 Å². The summed E-state index contributed by atoms with van der Waals surface area (Å²) in [5.74, 6) is 0.338. The SMILES string of the molecule is O=C1NC(=O)/C(=C\c2ccnc(N3CCC(N4CCCC4)CC3)n2)S1. The predicted molar refractivity (Wildman–Crippen MR) is 97.2 cm³/mol. The number of piperidine rings is 1. The minimum absolute atomic E-state index is 0.338. The first kappa shape index (κ1) is 16.5. The molecule has 0 aliphatic carbocycles. The van der Waals surface area contributed by atoms with E-state index in [1.807, 2.05) is 0 Å². The van der Waals surface area contributed by atoms with Gasteiger partial charge in [-0.05, 0) is 62.7 Å². The lowest BCUT2D eigenvalue weighted by atomic mass is 10.0. The highest BCUT2D eigenvalue weighted by Gasteiger charge is 2.28. The molecule has 3 aliphatic heterocycles. The quantitative estimate of drug-likeness (QED) is 0.825. The number of likely N-dealkylation sites (tertiary alicyclic amines) is 1. The van der Waals surface area contributed by atoms with E-state index in [0.717, 1.165) is 37.7 Å². The summed E-state index contributed by atoms with van der Waals surface area (Å²) in [4.78, 5) is 37.1. The van der Waals surface area contributed by atoms with Crippen molar-refractivity contribution in [3.8, 4) is 0 Å². The molecule has 2 amide bonds. The first-order valence-electron chi connectivity index (χ1n) is 8.76. The van der Waals surface area contributed by atoms with Gasteiger partial charge in [-0.1, -0.05) is 0 Å². The van der Waals surface area contributed by atoms with E-state index in [1.54, 1.807) is 18.3 Å². The van der Waals surface area contributed by atoms with Gasteiger partial charge in [0.25, 0.3) is 11.1 Å². The lowest BCUT2D eigenvalue weighted by Gasteiger charge is -2.36. The van der Waals surface area contributed by atoms with E-state index < -0.39 is 0 Å². The van der Waals surface area contributed by atoms with Crippen LogP contribution in [0.1, 0.15) is 31.4 Å². The van der Waals surface area contributed by atoms with E-state index in [0.29, 0.717) is 22.6 Å². The first-order valence-corrected chi connectivity index (χ1v) is 9.57. The number of nitrogens with zero attached hydrogens (tertiary/aromatic N) is 4. The molecule has 25 heavy (non-hydrogen) atoms. The summed E-state index contributed by atoms with van der Waals surface area (Å²) in [7, 11) is 0. The van der Waals surface area contributed by atoms with Crippen LogP contribution in [0.3, 0.4) is 0 Å². The second-order valence-electron chi connectivity index (χ2n) is 6.60. The molecule has 3 fully saturated rings. The molecule has 0 bridgehead atoms. The van der Waals surface area contributed by atoms with Crippen molar-refractivity contribution < 1.29 is 9.59 Å². The standard InChI is InChI=1S/C17H21N5O2S/c23-15-14(25-17(24)20-15)11-12-3-6-18-16(19-12)22-9-4-13(5-10-22)21-7-1-2-8-21/h3,6,11,13H,1-2,4-5,7-10H2,(H,20,23,24)/b14-11+. The lowest BCUT2D eigenvalue weighted by molar-refractivity contribution is -0.115. The number of carbonyl (C=O) groups excluding carboxylic acids is 2. The maximum atomic E-state index is 11.7. The van der Waals surface area contributed by atoms with Gasteiger partial charge in [-0.2, -0.15) is 0 Å². The van der Waals surface area contributed by atoms with Crippen LogP contribution in [0.4, 0.5) is 10.7 Å². The lowest BCUT2D eigenvalue weighted by Crippen LogP contribution is -2.44. The normalized spacial score (nSPS) is 24.3. The molecule has 1 aromatic heterocycles. The third-order valence-corrected chi connectivity index (χ3v) is 5.80. The highest BCUT2D eigenvalue weighted by Crippen LogP contribution is 2.26. The van der Waals surface area contributed by atoms with E-state index in [-0.39, 0.29) is 11.1 Å². The van der Waals surface area contributed by atoms with Crippen molar-refractivity contribution in [3.63, 3.8) is 0 Å². The molecule has 3 saturated heterocycles. The Morgan fingerprint density at radius 2 is 1.92 bits per heavy atom. The van der Waals surface area contributed by atoms with Gasteiger partial charge in [0.15, 0.2) is 0 Å². The number of hydrogen-bond donors (Lipinski definition) is 1. The molecule has 0 radical (unpaired) electrons. The fraction of sp³-hybridized carbons (Fsp3) is 0.529. The van der Waals surface area contributed by atoms with Crippen molar-refractivity contribution in [2.75, 3.05) is 31.1 Å². The zero-order chi connectivity index (χ0) is 17.2. The minimum atomic E-state index is -0.360. The monoisotopic (exact) mass is 359 g/mol. The Bertz CT molecular complexity index is 709. The molecular formula is C17H21N5O2S. The Balaban J connectivity index is 1.43. The Kier molecular flexibility index (Phi) is 4.72. The molecule has 0 saturated carbocycles. The van der Waals surface area contributed by atoms with Crippen molar-refractivity contribution in [2.24, 2.45) is 0 Å². The maximum absolute atomic E-state index is 11.7. The Labute approximate surface area is 150 Å². The van der Waals surface area contributed by atoms with E-state index >= 15 is 0 Å². The van der Waals surface area contributed by atoms with Crippen molar-refractivity contribution in [1.82, 2.24) is 20.2 Å². The molecule has 1 aromatic rings. The molecular weight excluding hydrogens is 338 g/mol. The summed E-state index contributed by atoms with van der Waals surface area (Å²) in [6, 6.07) is 2.44. The highest BCUT2D eigenvalue weighted by molar-refractivity contribution is 8.18. The van der Waals surface area contributed by atoms with Gasteiger partial charge in [-0.3, -0.25) is 14.9 Å². The van der Waals surface area contributed by atoms with Crippen LogP contribution in [0, 0.1) is 0 Å². The largest absolute Gasteiger partial charge is 0.341 e. The minimum Gasteiger partial charge on any atom is -0.341 e. The van der Waals surface area contributed by atoms with E-state index in [9.17, 15) is 9.59 Å². The maximum Gasteiger partial charge on any atom is 0.290 e. The number of imide groups is 1. The van der Waals surface area contributed by atoms with Crippen LogP contribution in [-0.2, 0) is 4.79 Å². The summed E-state index contributed by atoms with van der Waals surface area (Å²) in [5, 5.41) is 1.92. The average Bonchev–Trinajstić information content (AvgIpc) is 3.26. The number of nitrogens with one attached hydrogen (secondary N) is 1. The van der Waals surface area contributed by atoms with Crippen LogP contribution in [0.25, 0.3) is 6.08 Å². The summed E-state index contributed by atoms with van der Waals surface area (Å²) in [6.45, 7) is 4.38. The van der Waals surface area contributed by atoms with Crippen molar-refractivity contribution in [2.45, 2.75) is 31.7 Å². The summed E-state index contributed by atoms with van der Waals surface area (Å²) in [6.07, 6.45) is 8.29. The van der Waals surface area contributed by atoms with Gasteiger partial charge in [0.2, 0.25) is 5.95 Å². The highest BCUT2D eigenvalue weighted by atomic mass is 32.2. The fourth-order valence-corrected chi connectivity index (χ4v) is 4.35. The van der Waals surface area contributed by atoms with Crippen molar-refractivity contribution in [1.29, 1.82) is 0 Å². The molecule has 0 aromatic carbocycles. The van der Waals surface area contributed by atoms with E-state index in [2.05, 4.69) is 25.1 Å². The number of carbonyl (C=O) groups is 2. The molecule has 8 heteroatoms. The van der Waals surface area contributed by atoms with Crippen molar-refractivity contribution >= 4 is 34.9 Å². The second kappa shape index (κ2) is 7.13. The van der Waals surface area contributed by atoms with Gasteiger partial charge in [-0.25, -0.2) is 9.97 Å². The molecule has 7 nitrogen and oxygen atoms in total. The number of aromatic nitrogens is 2. The topological polar surface area (TPSA) is 78.4 Å². The number of hydrogen-bond acceptors (Lipinski definition) is 7. The van der Waals surface area contributed by atoms with Crippen LogP contribution in [0.15, 0.2) is 17.2 Å². The molecule has 0 spiro atoms. The van der Waals surface area contributed by atoms with Gasteiger partial charge in [0.05, 0.1) is 10.6 Å². The zero-order valence-electron chi connectivity index (χ0n) is 14.0. The van der Waals surface area contributed by atoms with E-state index in [1.165, 1.54) is 25.9 Å². The number of amides is 2. The average molecular weight is 359 g/mol. The fourth-order valence-electron chi connectivity index (χ4n) is 3.69. The number of anilines is 1. The van der Waals surface area contributed by atoms with Crippen LogP contribution < -0.4 is 10.2 Å². The third-order valence-electron chi connectivity index (χ3n) is 4.99. The second-order valence-corrected chi connectivity index (χ2v) is 7.61. The summed E-state index contributed by atoms with van der Waals surface area (Å²) < 4.78 is 0. The molecule has 1 N–H and O–H groups in total. The van der Waals surface area contributed by atoms with Gasteiger partial charge < -0.3 is 9.80 Å². The molecule has 3 aliphatic rings. The molecule has 4 rings (SSSR count). The Morgan fingerprint density at radius 3 is 2.60 bits per heavy atom. The van der Waals surface area contributed by atoms with Gasteiger partial charge in [0, 0.05) is 25.3 Å². The zero-order valence-corrected chi connectivity index (χ0v) is 14.8. The van der Waals surface area contributed by atoms with Gasteiger partial charge in [-0.15, -0.1) is 0 Å².